The van der Waals surface area contributed by atoms with E-state index in [9.17, 15) is 9.50 Å². The SMILES string of the molecule is OC[C@H](Nc1nc(Nc2cc(C3CC3)[nH]n2)c(Cl)c(N2CCOCC2)n1)c1ccc(F)cc1. The van der Waals surface area contributed by atoms with Crippen LogP contribution in [0, 0.1) is 5.82 Å². The minimum atomic E-state index is -0.524. The quantitative estimate of drug-likeness (QED) is 0.393. The van der Waals surface area contributed by atoms with Crippen molar-refractivity contribution in [3.8, 4) is 0 Å². The Morgan fingerprint density at radius 3 is 2.67 bits per heavy atom. The molecule has 11 heteroatoms. The Labute approximate surface area is 195 Å². The van der Waals surface area contributed by atoms with E-state index >= 15 is 0 Å². The zero-order valence-electron chi connectivity index (χ0n) is 17.9. The van der Waals surface area contributed by atoms with Gasteiger partial charge in [0.2, 0.25) is 5.95 Å². The van der Waals surface area contributed by atoms with Crippen LogP contribution >= 0.6 is 11.6 Å². The summed E-state index contributed by atoms with van der Waals surface area (Å²) in [6.07, 6.45) is 2.33. The minimum Gasteiger partial charge on any atom is -0.394 e. The zero-order valence-corrected chi connectivity index (χ0v) is 18.6. The van der Waals surface area contributed by atoms with Gasteiger partial charge < -0.3 is 25.4 Å². The molecule has 0 spiro atoms. The summed E-state index contributed by atoms with van der Waals surface area (Å²) in [6, 6.07) is 7.37. The van der Waals surface area contributed by atoms with Gasteiger partial charge in [-0.25, -0.2) is 4.39 Å². The third-order valence-electron chi connectivity index (χ3n) is 5.76. The topological polar surface area (TPSA) is 111 Å². The van der Waals surface area contributed by atoms with E-state index in [0.717, 1.165) is 18.5 Å². The molecule has 1 saturated heterocycles. The average Bonchev–Trinajstić information content (AvgIpc) is 3.59. The van der Waals surface area contributed by atoms with Crippen molar-refractivity contribution in [2.45, 2.75) is 24.8 Å². The smallest absolute Gasteiger partial charge is 0.227 e. The van der Waals surface area contributed by atoms with Gasteiger partial charge in [-0.05, 0) is 30.5 Å². The fourth-order valence-corrected chi connectivity index (χ4v) is 4.03. The van der Waals surface area contributed by atoms with Gasteiger partial charge in [-0.1, -0.05) is 23.7 Å². The monoisotopic (exact) mass is 473 g/mol. The predicted octanol–water partition coefficient (Wildman–Crippen LogP) is 3.60. The highest BCUT2D eigenvalue weighted by Gasteiger charge is 2.26. The molecule has 0 radical (unpaired) electrons. The van der Waals surface area contributed by atoms with Gasteiger partial charge in [0, 0.05) is 30.8 Å². The van der Waals surface area contributed by atoms with Gasteiger partial charge in [0.25, 0.3) is 0 Å². The molecule has 1 atom stereocenters. The second-order valence-corrected chi connectivity index (χ2v) is 8.55. The van der Waals surface area contributed by atoms with Gasteiger partial charge in [-0.3, -0.25) is 5.10 Å². The summed E-state index contributed by atoms with van der Waals surface area (Å²) in [7, 11) is 0. The first-order valence-electron chi connectivity index (χ1n) is 11.0. The number of ether oxygens (including phenoxy) is 1. The molecular formula is C22H25ClFN7O2. The molecule has 4 N–H and O–H groups in total. The molecular weight excluding hydrogens is 449 g/mol. The molecule has 5 rings (SSSR count). The molecule has 174 valence electrons. The second kappa shape index (κ2) is 9.50. The average molecular weight is 474 g/mol. The number of H-pyrrole nitrogens is 1. The molecule has 3 aromatic rings. The first kappa shape index (κ1) is 21.9. The van der Waals surface area contributed by atoms with Crippen LogP contribution in [-0.2, 0) is 4.74 Å². The van der Waals surface area contributed by atoms with Crippen molar-refractivity contribution in [1.82, 2.24) is 20.2 Å². The number of anilines is 4. The van der Waals surface area contributed by atoms with Crippen LogP contribution in [0.3, 0.4) is 0 Å². The van der Waals surface area contributed by atoms with Crippen molar-refractivity contribution in [3.05, 3.63) is 52.4 Å². The Kier molecular flexibility index (Phi) is 6.30. The number of hydrogen-bond acceptors (Lipinski definition) is 8. The summed E-state index contributed by atoms with van der Waals surface area (Å²) in [5, 5.41) is 24.1. The van der Waals surface area contributed by atoms with E-state index in [1.165, 1.54) is 12.1 Å². The number of nitrogens with zero attached hydrogens (tertiary/aromatic N) is 4. The van der Waals surface area contributed by atoms with Crippen LogP contribution in [0.4, 0.5) is 27.8 Å². The van der Waals surface area contributed by atoms with Crippen molar-refractivity contribution in [3.63, 3.8) is 0 Å². The fraction of sp³-hybridized carbons (Fsp3) is 0.409. The van der Waals surface area contributed by atoms with Crippen LogP contribution < -0.4 is 15.5 Å². The van der Waals surface area contributed by atoms with E-state index in [4.69, 9.17) is 16.3 Å². The number of aromatic amines is 1. The largest absolute Gasteiger partial charge is 0.394 e. The fourth-order valence-electron chi connectivity index (χ4n) is 3.78. The van der Waals surface area contributed by atoms with Crippen molar-refractivity contribution in [2.75, 3.05) is 48.4 Å². The summed E-state index contributed by atoms with van der Waals surface area (Å²) in [4.78, 5) is 11.2. The van der Waals surface area contributed by atoms with E-state index in [2.05, 4.69) is 30.8 Å². The third kappa shape index (κ3) is 5.02. The van der Waals surface area contributed by atoms with Crippen LogP contribution in [0.25, 0.3) is 0 Å². The molecule has 0 unspecified atom stereocenters. The van der Waals surface area contributed by atoms with E-state index < -0.39 is 6.04 Å². The number of hydrogen-bond donors (Lipinski definition) is 4. The number of rotatable bonds is 8. The molecule has 1 aromatic carbocycles. The Morgan fingerprint density at radius 2 is 1.97 bits per heavy atom. The summed E-state index contributed by atoms with van der Waals surface area (Å²) < 4.78 is 18.8. The molecule has 33 heavy (non-hydrogen) atoms. The number of aliphatic hydroxyl groups is 1. The third-order valence-corrected chi connectivity index (χ3v) is 6.11. The Bertz CT molecular complexity index is 1100. The van der Waals surface area contributed by atoms with Crippen molar-refractivity contribution in [1.29, 1.82) is 0 Å². The Balaban J connectivity index is 1.46. The highest BCUT2D eigenvalue weighted by molar-refractivity contribution is 6.35. The number of benzene rings is 1. The van der Waals surface area contributed by atoms with Gasteiger partial charge in [-0.15, -0.1) is 0 Å². The van der Waals surface area contributed by atoms with E-state index in [-0.39, 0.29) is 18.4 Å². The first-order chi connectivity index (χ1) is 16.1. The van der Waals surface area contributed by atoms with Gasteiger partial charge in [-0.2, -0.15) is 15.1 Å². The first-order valence-corrected chi connectivity index (χ1v) is 11.3. The van der Waals surface area contributed by atoms with Crippen LogP contribution in [-0.4, -0.2) is 58.2 Å². The molecule has 0 amide bonds. The molecule has 1 aliphatic carbocycles. The molecule has 2 fully saturated rings. The number of aliphatic hydroxyl groups excluding tert-OH is 1. The Morgan fingerprint density at radius 1 is 1.21 bits per heavy atom. The summed E-state index contributed by atoms with van der Waals surface area (Å²) in [6.45, 7) is 2.21. The van der Waals surface area contributed by atoms with Crippen LogP contribution in [0.2, 0.25) is 5.02 Å². The van der Waals surface area contributed by atoms with Crippen molar-refractivity contribution in [2.24, 2.45) is 0 Å². The molecule has 2 aliphatic rings. The zero-order chi connectivity index (χ0) is 22.8. The lowest BCUT2D eigenvalue weighted by atomic mass is 10.1. The predicted molar refractivity (Wildman–Crippen MR) is 124 cm³/mol. The molecule has 0 bridgehead atoms. The lowest BCUT2D eigenvalue weighted by Gasteiger charge is -2.29. The van der Waals surface area contributed by atoms with Gasteiger partial charge >= 0.3 is 0 Å². The molecule has 2 aromatic heterocycles. The minimum absolute atomic E-state index is 0.225. The lowest BCUT2D eigenvalue weighted by molar-refractivity contribution is 0.122. The molecule has 9 nitrogen and oxygen atoms in total. The maximum Gasteiger partial charge on any atom is 0.227 e. The lowest BCUT2D eigenvalue weighted by Crippen LogP contribution is -2.37. The van der Waals surface area contributed by atoms with E-state index in [0.29, 0.717) is 60.3 Å². The number of nitrogens with one attached hydrogen (secondary N) is 3. The van der Waals surface area contributed by atoms with Gasteiger partial charge in [0.05, 0.1) is 25.9 Å². The summed E-state index contributed by atoms with van der Waals surface area (Å²) >= 11 is 6.72. The van der Waals surface area contributed by atoms with E-state index in [1.54, 1.807) is 12.1 Å². The van der Waals surface area contributed by atoms with Crippen LogP contribution in [0.1, 0.15) is 36.1 Å². The van der Waals surface area contributed by atoms with Crippen molar-refractivity contribution >= 4 is 35.0 Å². The second-order valence-electron chi connectivity index (χ2n) is 8.17. The highest BCUT2D eigenvalue weighted by atomic mass is 35.5. The molecule has 1 saturated carbocycles. The van der Waals surface area contributed by atoms with Crippen molar-refractivity contribution < 1.29 is 14.2 Å². The normalized spacial score (nSPS) is 17.1. The maximum atomic E-state index is 13.3. The molecule has 1 aliphatic heterocycles. The van der Waals surface area contributed by atoms with E-state index in [1.807, 2.05) is 11.0 Å². The Hall–Kier alpha value is -2.95. The highest BCUT2D eigenvalue weighted by Crippen LogP contribution is 2.40. The number of morpholine rings is 1. The number of aromatic nitrogens is 4. The number of halogens is 2. The molecule has 3 heterocycles. The maximum absolute atomic E-state index is 13.3. The van der Waals surface area contributed by atoms with Gasteiger partial charge in [0.15, 0.2) is 17.5 Å². The van der Waals surface area contributed by atoms with Gasteiger partial charge in [0.1, 0.15) is 10.8 Å². The summed E-state index contributed by atoms with van der Waals surface area (Å²) in [5.41, 5.74) is 1.80. The summed E-state index contributed by atoms with van der Waals surface area (Å²) in [5.74, 6) is 2.06. The standard InChI is InChI=1S/C22H25ClFN7O2/c23-19-20(26-18-11-16(29-30-18)13-1-2-13)27-22(28-21(19)31-7-9-33-10-8-31)25-17(12-32)14-3-5-15(24)6-4-14/h3-6,11,13,17,32H,1-2,7-10,12H2,(H3,25,26,27,28,29,30)/t17-/m0/s1. The van der Waals surface area contributed by atoms with Crippen LogP contribution in [0.15, 0.2) is 30.3 Å². The van der Waals surface area contributed by atoms with Crippen LogP contribution in [0.5, 0.6) is 0 Å².